The molecule has 0 aliphatic carbocycles. The number of thioether (sulfide) groups is 1. The summed E-state index contributed by atoms with van der Waals surface area (Å²) in [5.74, 6) is 1.77. The second kappa shape index (κ2) is 8.85. The highest BCUT2D eigenvalue weighted by atomic mass is 32.2. The summed E-state index contributed by atoms with van der Waals surface area (Å²) < 4.78 is 2.22. The molecule has 0 aliphatic heterocycles. The third-order valence-corrected chi connectivity index (χ3v) is 5.65. The highest BCUT2D eigenvalue weighted by Crippen LogP contribution is 2.26. The van der Waals surface area contributed by atoms with Crippen molar-refractivity contribution in [2.75, 3.05) is 0 Å². The highest BCUT2D eigenvalue weighted by molar-refractivity contribution is 7.98. The molecule has 0 saturated heterocycles. The van der Waals surface area contributed by atoms with Gasteiger partial charge >= 0.3 is 0 Å². The Labute approximate surface area is 169 Å². The molecule has 0 saturated carbocycles. The van der Waals surface area contributed by atoms with Crippen molar-refractivity contribution in [2.45, 2.75) is 30.8 Å². The van der Waals surface area contributed by atoms with Crippen LogP contribution in [0.3, 0.4) is 0 Å². The molecule has 0 amide bonds. The van der Waals surface area contributed by atoms with E-state index in [1.165, 1.54) is 16.7 Å². The number of pyridine rings is 1. The average molecular weight is 387 g/mol. The molecule has 0 bridgehead atoms. The van der Waals surface area contributed by atoms with Gasteiger partial charge in [-0.3, -0.25) is 4.98 Å². The van der Waals surface area contributed by atoms with Gasteiger partial charge in [-0.15, -0.1) is 10.2 Å². The Morgan fingerprint density at radius 3 is 2.32 bits per heavy atom. The molecule has 0 radical (unpaired) electrons. The van der Waals surface area contributed by atoms with E-state index in [0.29, 0.717) is 0 Å². The Morgan fingerprint density at radius 2 is 1.57 bits per heavy atom. The molecule has 2 aromatic heterocycles. The van der Waals surface area contributed by atoms with Gasteiger partial charge in [0, 0.05) is 30.3 Å². The van der Waals surface area contributed by atoms with Crippen molar-refractivity contribution in [1.29, 1.82) is 0 Å². The molecule has 4 nitrogen and oxygen atoms in total. The zero-order valence-electron chi connectivity index (χ0n) is 15.8. The number of nitrogens with zero attached hydrogens (tertiary/aromatic N) is 4. The second-order valence-electron chi connectivity index (χ2n) is 6.70. The fourth-order valence-electron chi connectivity index (χ4n) is 3.03. The first kappa shape index (κ1) is 18.4. The van der Waals surface area contributed by atoms with Crippen molar-refractivity contribution in [1.82, 2.24) is 19.7 Å². The van der Waals surface area contributed by atoms with Gasteiger partial charge in [0.05, 0.1) is 0 Å². The third-order valence-electron chi connectivity index (χ3n) is 4.61. The van der Waals surface area contributed by atoms with Gasteiger partial charge < -0.3 is 4.57 Å². The molecule has 4 aromatic rings. The topological polar surface area (TPSA) is 43.6 Å². The lowest BCUT2D eigenvalue weighted by molar-refractivity contribution is 0.639. The Balaban J connectivity index is 1.58. The minimum Gasteiger partial charge on any atom is -0.302 e. The molecule has 4 rings (SSSR count). The van der Waals surface area contributed by atoms with Crippen LogP contribution in [-0.4, -0.2) is 19.7 Å². The smallest absolute Gasteiger partial charge is 0.191 e. The van der Waals surface area contributed by atoms with Gasteiger partial charge in [-0.05, 0) is 36.6 Å². The van der Waals surface area contributed by atoms with Crippen LogP contribution in [0.2, 0.25) is 0 Å². The van der Waals surface area contributed by atoms with Crippen molar-refractivity contribution >= 4 is 11.8 Å². The monoisotopic (exact) mass is 386 g/mol. The normalized spacial score (nSPS) is 10.9. The van der Waals surface area contributed by atoms with Gasteiger partial charge in [0.1, 0.15) is 0 Å². The van der Waals surface area contributed by atoms with Crippen molar-refractivity contribution in [3.8, 4) is 11.4 Å². The van der Waals surface area contributed by atoms with Crippen LogP contribution in [0.4, 0.5) is 0 Å². The summed E-state index contributed by atoms with van der Waals surface area (Å²) in [5.41, 5.74) is 4.92. The maximum absolute atomic E-state index is 4.49. The Kier molecular flexibility index (Phi) is 5.83. The quantitative estimate of drug-likeness (QED) is 0.410. The van der Waals surface area contributed by atoms with Crippen LogP contribution >= 0.6 is 11.8 Å². The lowest BCUT2D eigenvalue weighted by atomic mass is 10.1. The van der Waals surface area contributed by atoms with Crippen LogP contribution in [0, 0.1) is 6.92 Å². The van der Waals surface area contributed by atoms with Crippen molar-refractivity contribution in [2.24, 2.45) is 0 Å². The van der Waals surface area contributed by atoms with E-state index in [-0.39, 0.29) is 0 Å². The highest BCUT2D eigenvalue weighted by Gasteiger charge is 2.14. The number of hydrogen-bond acceptors (Lipinski definition) is 4. The number of benzene rings is 2. The maximum Gasteiger partial charge on any atom is 0.191 e. The molecule has 0 atom stereocenters. The van der Waals surface area contributed by atoms with E-state index in [0.717, 1.165) is 35.3 Å². The molecule has 140 valence electrons. The van der Waals surface area contributed by atoms with Crippen molar-refractivity contribution in [3.05, 3.63) is 95.8 Å². The van der Waals surface area contributed by atoms with Crippen molar-refractivity contribution < 1.29 is 0 Å². The summed E-state index contributed by atoms with van der Waals surface area (Å²) in [7, 11) is 0. The van der Waals surface area contributed by atoms with Gasteiger partial charge in [-0.2, -0.15) is 0 Å². The predicted molar refractivity (Wildman–Crippen MR) is 114 cm³/mol. The van der Waals surface area contributed by atoms with Gasteiger partial charge in [0.15, 0.2) is 11.0 Å². The van der Waals surface area contributed by atoms with E-state index in [1.54, 1.807) is 24.2 Å². The third kappa shape index (κ3) is 4.49. The molecular weight excluding hydrogens is 364 g/mol. The predicted octanol–water partition coefficient (Wildman–Crippen LogP) is 5.18. The fraction of sp³-hybridized carbons (Fsp3) is 0.174. The molecule has 0 fully saturated rings. The lowest BCUT2D eigenvalue weighted by Gasteiger charge is -2.10. The van der Waals surface area contributed by atoms with Crippen LogP contribution in [0.1, 0.15) is 16.7 Å². The zero-order chi connectivity index (χ0) is 19.2. The van der Waals surface area contributed by atoms with Crippen LogP contribution in [0.15, 0.2) is 84.3 Å². The van der Waals surface area contributed by atoms with E-state index >= 15 is 0 Å². The second-order valence-corrected chi connectivity index (χ2v) is 7.65. The molecular formula is C23H22N4S. The molecule has 0 spiro atoms. The first-order valence-electron chi connectivity index (χ1n) is 9.35. The van der Waals surface area contributed by atoms with E-state index in [2.05, 4.69) is 75.2 Å². The van der Waals surface area contributed by atoms with E-state index in [9.17, 15) is 0 Å². The maximum atomic E-state index is 4.49. The van der Waals surface area contributed by atoms with Crippen LogP contribution in [0.25, 0.3) is 11.4 Å². The minimum atomic E-state index is 0.838. The molecule has 5 heteroatoms. The molecule has 2 heterocycles. The average Bonchev–Trinajstić information content (AvgIpc) is 3.16. The summed E-state index contributed by atoms with van der Waals surface area (Å²) in [6.07, 6.45) is 4.53. The van der Waals surface area contributed by atoms with Crippen LogP contribution < -0.4 is 0 Å². The fourth-order valence-corrected chi connectivity index (χ4v) is 3.95. The SMILES string of the molecule is Cc1ccc(CSc2nnc(-c3ccncc3)n2CCc2ccccc2)cc1. The van der Waals surface area contributed by atoms with Gasteiger partial charge in [-0.1, -0.05) is 71.9 Å². The van der Waals surface area contributed by atoms with E-state index in [4.69, 9.17) is 0 Å². The van der Waals surface area contributed by atoms with Crippen molar-refractivity contribution in [3.63, 3.8) is 0 Å². The molecule has 28 heavy (non-hydrogen) atoms. The van der Waals surface area contributed by atoms with Crippen LogP contribution in [0.5, 0.6) is 0 Å². The van der Waals surface area contributed by atoms with Crippen LogP contribution in [-0.2, 0) is 18.7 Å². The number of aromatic nitrogens is 4. The van der Waals surface area contributed by atoms with E-state index < -0.39 is 0 Å². The first-order chi connectivity index (χ1) is 13.8. The Hall–Kier alpha value is -2.92. The number of hydrogen-bond donors (Lipinski definition) is 0. The van der Waals surface area contributed by atoms with Gasteiger partial charge in [-0.25, -0.2) is 0 Å². The number of rotatable bonds is 7. The first-order valence-corrected chi connectivity index (χ1v) is 10.3. The largest absolute Gasteiger partial charge is 0.302 e. The van der Waals surface area contributed by atoms with Gasteiger partial charge in [0.2, 0.25) is 0 Å². The summed E-state index contributed by atoms with van der Waals surface area (Å²) in [6.45, 7) is 2.95. The standard InChI is InChI=1S/C23H22N4S/c1-18-7-9-20(10-8-18)17-28-23-26-25-22(21-11-14-24-15-12-21)27(23)16-13-19-5-3-2-4-6-19/h2-12,14-15H,13,16-17H2,1H3. The lowest BCUT2D eigenvalue weighted by Crippen LogP contribution is -2.05. The summed E-state index contributed by atoms with van der Waals surface area (Å²) in [5, 5.41) is 9.93. The van der Waals surface area contributed by atoms with E-state index in [1.807, 2.05) is 18.2 Å². The minimum absolute atomic E-state index is 0.838. The molecule has 0 aliphatic rings. The summed E-state index contributed by atoms with van der Waals surface area (Å²) >= 11 is 1.73. The zero-order valence-corrected chi connectivity index (χ0v) is 16.6. The van der Waals surface area contributed by atoms with Gasteiger partial charge in [0.25, 0.3) is 0 Å². The summed E-state index contributed by atoms with van der Waals surface area (Å²) in [6, 6.07) is 23.2. The number of aryl methyl sites for hydroxylation is 2. The summed E-state index contributed by atoms with van der Waals surface area (Å²) in [4.78, 5) is 4.12. The Morgan fingerprint density at radius 1 is 0.821 bits per heavy atom. The molecule has 2 aromatic carbocycles. The molecule has 0 unspecified atom stereocenters. The Bertz CT molecular complexity index is 1010. The molecule has 0 N–H and O–H groups in total.